The first kappa shape index (κ1) is 13.4. The summed E-state index contributed by atoms with van der Waals surface area (Å²) in [4.78, 5) is 12.0. The molecule has 0 bridgehead atoms. The van der Waals surface area contributed by atoms with Gasteiger partial charge in [-0.25, -0.2) is 0 Å². The molecular formula is C12H7BrClNO2S. The maximum Gasteiger partial charge on any atom is 0.284 e. The molecule has 2 aromatic rings. The molecule has 0 heterocycles. The van der Waals surface area contributed by atoms with E-state index in [2.05, 4.69) is 15.9 Å². The van der Waals surface area contributed by atoms with E-state index in [0.717, 1.165) is 9.37 Å². The summed E-state index contributed by atoms with van der Waals surface area (Å²) in [6.07, 6.45) is 0. The number of benzene rings is 2. The van der Waals surface area contributed by atoms with E-state index in [1.807, 2.05) is 24.3 Å². The maximum absolute atomic E-state index is 11.0. The van der Waals surface area contributed by atoms with E-state index in [-0.39, 0.29) is 5.69 Å². The molecule has 0 amide bonds. The lowest BCUT2D eigenvalue weighted by Gasteiger charge is -2.05. The lowest BCUT2D eigenvalue weighted by atomic mass is 10.3. The third-order valence-corrected chi connectivity index (χ3v) is 4.50. The molecule has 0 saturated heterocycles. The molecule has 0 spiro atoms. The molecule has 0 aliphatic rings. The van der Waals surface area contributed by atoms with Crippen molar-refractivity contribution in [2.45, 2.75) is 9.79 Å². The Morgan fingerprint density at radius 3 is 2.56 bits per heavy atom. The van der Waals surface area contributed by atoms with Gasteiger partial charge in [0.15, 0.2) is 0 Å². The van der Waals surface area contributed by atoms with Gasteiger partial charge in [0.1, 0.15) is 0 Å². The van der Waals surface area contributed by atoms with Crippen LogP contribution >= 0.6 is 39.3 Å². The first-order valence-corrected chi connectivity index (χ1v) is 6.93. The van der Waals surface area contributed by atoms with Gasteiger partial charge in [-0.1, -0.05) is 35.5 Å². The Labute approximate surface area is 121 Å². The molecule has 2 aromatic carbocycles. The molecule has 0 radical (unpaired) electrons. The fourth-order valence-electron chi connectivity index (χ4n) is 1.37. The van der Waals surface area contributed by atoms with Crippen LogP contribution in [0.4, 0.5) is 5.69 Å². The van der Waals surface area contributed by atoms with Gasteiger partial charge in [-0.2, -0.15) is 0 Å². The SMILES string of the molecule is O=[N+]([O-])c1cc(Cl)ccc1Sc1ccccc1Br. The summed E-state index contributed by atoms with van der Waals surface area (Å²) in [5, 5.41) is 11.3. The van der Waals surface area contributed by atoms with Gasteiger partial charge in [0.25, 0.3) is 5.69 Å². The molecule has 0 saturated carbocycles. The van der Waals surface area contributed by atoms with E-state index in [1.54, 1.807) is 12.1 Å². The van der Waals surface area contributed by atoms with Crippen LogP contribution in [-0.2, 0) is 0 Å². The van der Waals surface area contributed by atoms with Crippen LogP contribution in [0.25, 0.3) is 0 Å². The molecule has 0 atom stereocenters. The van der Waals surface area contributed by atoms with E-state index in [1.165, 1.54) is 17.8 Å². The van der Waals surface area contributed by atoms with Crippen LogP contribution in [0, 0.1) is 10.1 Å². The van der Waals surface area contributed by atoms with Crippen LogP contribution in [0.15, 0.2) is 56.7 Å². The molecule has 0 unspecified atom stereocenters. The van der Waals surface area contributed by atoms with Crippen molar-refractivity contribution in [2.75, 3.05) is 0 Å². The Morgan fingerprint density at radius 2 is 1.89 bits per heavy atom. The smallest absolute Gasteiger partial charge is 0.258 e. The Hall–Kier alpha value is -1.04. The molecule has 0 N–H and O–H groups in total. The average molecular weight is 345 g/mol. The molecular weight excluding hydrogens is 338 g/mol. The number of nitro benzene ring substituents is 1. The van der Waals surface area contributed by atoms with Crippen molar-refractivity contribution in [3.63, 3.8) is 0 Å². The fraction of sp³-hybridized carbons (Fsp3) is 0. The lowest BCUT2D eigenvalue weighted by Crippen LogP contribution is -1.90. The minimum Gasteiger partial charge on any atom is -0.258 e. The summed E-state index contributed by atoms with van der Waals surface area (Å²) >= 11 is 10.5. The van der Waals surface area contributed by atoms with Crippen LogP contribution < -0.4 is 0 Å². The standard InChI is InChI=1S/C12H7BrClNO2S/c13-9-3-1-2-4-11(9)18-12-6-5-8(14)7-10(12)15(16)17/h1-7H. The van der Waals surface area contributed by atoms with Gasteiger partial charge >= 0.3 is 0 Å². The second kappa shape index (κ2) is 5.73. The van der Waals surface area contributed by atoms with Gasteiger partial charge in [-0.15, -0.1) is 0 Å². The third kappa shape index (κ3) is 3.04. The second-order valence-electron chi connectivity index (χ2n) is 3.40. The largest absolute Gasteiger partial charge is 0.284 e. The summed E-state index contributed by atoms with van der Waals surface area (Å²) in [5.74, 6) is 0. The molecule has 18 heavy (non-hydrogen) atoms. The van der Waals surface area contributed by atoms with Crippen molar-refractivity contribution in [1.29, 1.82) is 0 Å². The van der Waals surface area contributed by atoms with Crippen molar-refractivity contribution in [3.05, 3.63) is 62.1 Å². The Morgan fingerprint density at radius 1 is 1.17 bits per heavy atom. The van der Waals surface area contributed by atoms with Crippen LogP contribution in [0.2, 0.25) is 5.02 Å². The fourth-order valence-corrected chi connectivity index (χ4v) is 2.98. The highest BCUT2D eigenvalue weighted by molar-refractivity contribution is 9.10. The zero-order chi connectivity index (χ0) is 13.1. The van der Waals surface area contributed by atoms with Crippen molar-refractivity contribution in [2.24, 2.45) is 0 Å². The first-order valence-electron chi connectivity index (χ1n) is 4.94. The molecule has 0 aliphatic heterocycles. The highest BCUT2D eigenvalue weighted by Gasteiger charge is 2.16. The second-order valence-corrected chi connectivity index (χ2v) is 5.78. The average Bonchev–Trinajstić information content (AvgIpc) is 2.34. The first-order chi connectivity index (χ1) is 8.58. The summed E-state index contributed by atoms with van der Waals surface area (Å²) in [7, 11) is 0. The number of hydrogen-bond acceptors (Lipinski definition) is 3. The maximum atomic E-state index is 11.0. The zero-order valence-corrected chi connectivity index (χ0v) is 12.1. The number of rotatable bonds is 3. The summed E-state index contributed by atoms with van der Waals surface area (Å²) in [6.45, 7) is 0. The molecule has 0 aromatic heterocycles. The van der Waals surface area contributed by atoms with Gasteiger partial charge in [0, 0.05) is 20.5 Å². The van der Waals surface area contributed by atoms with Gasteiger partial charge in [-0.05, 0) is 40.2 Å². The van der Waals surface area contributed by atoms with E-state index in [4.69, 9.17) is 11.6 Å². The van der Waals surface area contributed by atoms with Gasteiger partial charge in [0.2, 0.25) is 0 Å². The summed E-state index contributed by atoms with van der Waals surface area (Å²) < 4.78 is 0.902. The molecule has 92 valence electrons. The van der Waals surface area contributed by atoms with Crippen molar-refractivity contribution >= 4 is 45.0 Å². The van der Waals surface area contributed by atoms with E-state index in [0.29, 0.717) is 9.92 Å². The molecule has 3 nitrogen and oxygen atoms in total. The molecule has 2 rings (SSSR count). The van der Waals surface area contributed by atoms with Crippen molar-refractivity contribution in [1.82, 2.24) is 0 Å². The van der Waals surface area contributed by atoms with Gasteiger partial charge < -0.3 is 0 Å². The number of hydrogen-bond donors (Lipinski definition) is 0. The molecule has 0 fully saturated rings. The highest BCUT2D eigenvalue weighted by atomic mass is 79.9. The van der Waals surface area contributed by atoms with Crippen LogP contribution in [0.3, 0.4) is 0 Å². The monoisotopic (exact) mass is 343 g/mol. The predicted octanol–water partition coefficient (Wildman–Crippen LogP) is 5.16. The molecule has 6 heteroatoms. The summed E-state index contributed by atoms with van der Waals surface area (Å²) in [6, 6.07) is 12.2. The van der Waals surface area contributed by atoms with Crippen LogP contribution in [-0.4, -0.2) is 4.92 Å². The normalized spacial score (nSPS) is 10.3. The minimum atomic E-state index is -0.426. The Balaban J connectivity index is 2.41. The number of nitro groups is 1. The third-order valence-electron chi connectivity index (χ3n) is 2.17. The van der Waals surface area contributed by atoms with E-state index in [9.17, 15) is 10.1 Å². The highest BCUT2D eigenvalue weighted by Crippen LogP contribution is 2.39. The van der Waals surface area contributed by atoms with E-state index >= 15 is 0 Å². The van der Waals surface area contributed by atoms with Crippen LogP contribution in [0.5, 0.6) is 0 Å². The van der Waals surface area contributed by atoms with Crippen molar-refractivity contribution < 1.29 is 4.92 Å². The van der Waals surface area contributed by atoms with Gasteiger partial charge in [-0.3, -0.25) is 10.1 Å². The zero-order valence-electron chi connectivity index (χ0n) is 8.97. The van der Waals surface area contributed by atoms with Crippen LogP contribution in [0.1, 0.15) is 0 Å². The van der Waals surface area contributed by atoms with Gasteiger partial charge in [0.05, 0.1) is 9.82 Å². The topological polar surface area (TPSA) is 43.1 Å². The van der Waals surface area contributed by atoms with Crippen molar-refractivity contribution in [3.8, 4) is 0 Å². The molecule has 0 aliphatic carbocycles. The quantitative estimate of drug-likeness (QED) is 0.570. The minimum absolute atomic E-state index is 0.0169. The predicted molar refractivity (Wildman–Crippen MR) is 76.4 cm³/mol. The Bertz CT molecular complexity index is 606. The Kier molecular flexibility index (Phi) is 4.27. The number of halogens is 2. The summed E-state index contributed by atoms with van der Waals surface area (Å²) in [5.41, 5.74) is 0.0169. The number of nitrogens with zero attached hydrogens (tertiary/aromatic N) is 1. The van der Waals surface area contributed by atoms with E-state index < -0.39 is 4.92 Å². The lowest BCUT2D eigenvalue weighted by molar-refractivity contribution is -0.387.